The molecule has 0 atom stereocenters. The van der Waals surface area contributed by atoms with Crippen molar-refractivity contribution >= 4 is 12.0 Å². The summed E-state index contributed by atoms with van der Waals surface area (Å²) < 4.78 is 11.0. The summed E-state index contributed by atoms with van der Waals surface area (Å²) >= 11 is 0. The average Bonchev–Trinajstić information content (AvgIpc) is 2.65. The number of carbonyl (C=O) groups is 2. The van der Waals surface area contributed by atoms with Crippen molar-refractivity contribution in [1.29, 1.82) is 0 Å². The van der Waals surface area contributed by atoms with E-state index in [2.05, 4.69) is 17.4 Å². The number of hydrogen-bond donors (Lipinski definition) is 2. The third kappa shape index (κ3) is 5.36. The number of carboxylic acids is 1. The molecule has 2 N–H and O–H groups in total. The van der Waals surface area contributed by atoms with Gasteiger partial charge in [0, 0.05) is 38.8 Å². The van der Waals surface area contributed by atoms with Gasteiger partial charge in [0.25, 0.3) is 0 Å². The maximum Gasteiger partial charge on any atom is 0.317 e. The van der Waals surface area contributed by atoms with E-state index in [1.807, 2.05) is 19.1 Å². The van der Waals surface area contributed by atoms with E-state index in [1.54, 1.807) is 7.05 Å². The smallest absolute Gasteiger partial charge is 0.317 e. The van der Waals surface area contributed by atoms with Crippen LogP contribution < -0.4 is 10.1 Å². The fourth-order valence-corrected chi connectivity index (χ4v) is 3.15. The second-order valence-corrected chi connectivity index (χ2v) is 6.57. The average molecular weight is 364 g/mol. The van der Waals surface area contributed by atoms with Crippen LogP contribution in [0.3, 0.4) is 0 Å². The van der Waals surface area contributed by atoms with E-state index in [9.17, 15) is 9.59 Å². The van der Waals surface area contributed by atoms with Crippen LogP contribution in [0.25, 0.3) is 0 Å². The molecule has 1 fully saturated rings. The molecule has 144 valence electrons. The van der Waals surface area contributed by atoms with Crippen LogP contribution in [0.15, 0.2) is 24.3 Å². The van der Waals surface area contributed by atoms with Crippen LogP contribution >= 0.6 is 0 Å². The van der Waals surface area contributed by atoms with Crippen LogP contribution in [-0.2, 0) is 14.9 Å². The Morgan fingerprint density at radius 3 is 2.50 bits per heavy atom. The molecule has 0 radical (unpaired) electrons. The molecule has 1 heterocycles. The van der Waals surface area contributed by atoms with Crippen LogP contribution in [0.1, 0.15) is 31.7 Å². The fraction of sp³-hybridized carbons (Fsp3) is 0.579. The van der Waals surface area contributed by atoms with E-state index >= 15 is 0 Å². The molecule has 0 unspecified atom stereocenters. The Bertz CT molecular complexity index is 596. The highest BCUT2D eigenvalue weighted by Crippen LogP contribution is 2.35. The highest BCUT2D eigenvalue weighted by molar-refractivity contribution is 5.75. The largest absolute Gasteiger partial charge is 0.494 e. The summed E-state index contributed by atoms with van der Waals surface area (Å²) in [6, 6.07) is 7.75. The Morgan fingerprint density at radius 2 is 1.92 bits per heavy atom. The summed E-state index contributed by atoms with van der Waals surface area (Å²) in [7, 11) is 1.60. The van der Waals surface area contributed by atoms with Gasteiger partial charge < -0.3 is 24.8 Å². The van der Waals surface area contributed by atoms with Crippen molar-refractivity contribution in [2.75, 3.05) is 40.0 Å². The number of carboxylic acid groups (broad SMARTS) is 1. The van der Waals surface area contributed by atoms with Gasteiger partial charge >= 0.3 is 12.0 Å². The zero-order valence-electron chi connectivity index (χ0n) is 15.5. The van der Waals surface area contributed by atoms with Crippen molar-refractivity contribution < 1.29 is 24.2 Å². The zero-order valence-corrected chi connectivity index (χ0v) is 15.5. The van der Waals surface area contributed by atoms with Crippen molar-refractivity contribution in [2.24, 2.45) is 0 Å². The number of urea groups is 1. The first-order chi connectivity index (χ1) is 12.5. The van der Waals surface area contributed by atoms with Gasteiger partial charge in [-0.05, 0) is 37.5 Å². The Hall–Kier alpha value is -2.28. The lowest BCUT2D eigenvalue weighted by atomic mass is 9.74. The van der Waals surface area contributed by atoms with Gasteiger partial charge in [-0.15, -0.1) is 0 Å². The normalized spacial score (nSPS) is 15.9. The van der Waals surface area contributed by atoms with Crippen LogP contribution in [0, 0.1) is 0 Å². The van der Waals surface area contributed by atoms with Gasteiger partial charge in [0.2, 0.25) is 0 Å². The minimum Gasteiger partial charge on any atom is -0.494 e. The van der Waals surface area contributed by atoms with E-state index in [0.717, 1.165) is 24.2 Å². The molecule has 2 amide bonds. The summed E-state index contributed by atoms with van der Waals surface area (Å²) in [6.45, 7) is 4.54. The number of benzene rings is 1. The summed E-state index contributed by atoms with van der Waals surface area (Å²) in [6.07, 6.45) is 1.57. The summed E-state index contributed by atoms with van der Waals surface area (Å²) in [5.74, 6) is -0.0872. The van der Waals surface area contributed by atoms with Crippen LogP contribution in [-0.4, -0.2) is 62.0 Å². The SMILES string of the molecule is CCOc1ccc(C2(CNC(=O)N(C)CCC(=O)O)CCOCC2)cc1. The second-order valence-electron chi connectivity index (χ2n) is 6.57. The Morgan fingerprint density at radius 1 is 1.27 bits per heavy atom. The highest BCUT2D eigenvalue weighted by Gasteiger charge is 2.35. The Kier molecular flexibility index (Phi) is 7.26. The lowest BCUT2D eigenvalue weighted by Gasteiger charge is -2.38. The summed E-state index contributed by atoms with van der Waals surface area (Å²) in [5.41, 5.74) is 0.962. The third-order valence-electron chi connectivity index (χ3n) is 4.81. The van der Waals surface area contributed by atoms with E-state index < -0.39 is 5.97 Å². The number of aliphatic carboxylic acids is 1. The second kappa shape index (κ2) is 9.43. The molecule has 1 aliphatic heterocycles. The van der Waals surface area contributed by atoms with Gasteiger partial charge in [-0.2, -0.15) is 0 Å². The first kappa shape index (κ1) is 20.0. The molecule has 1 aliphatic rings. The van der Waals surface area contributed by atoms with E-state index in [1.165, 1.54) is 4.90 Å². The maximum atomic E-state index is 12.3. The monoisotopic (exact) mass is 364 g/mol. The van der Waals surface area contributed by atoms with Crippen molar-refractivity contribution in [3.05, 3.63) is 29.8 Å². The van der Waals surface area contributed by atoms with Crippen molar-refractivity contribution in [1.82, 2.24) is 10.2 Å². The number of amides is 2. The first-order valence-corrected chi connectivity index (χ1v) is 8.99. The predicted octanol–water partition coefficient (Wildman–Crippen LogP) is 2.25. The van der Waals surface area contributed by atoms with Crippen molar-refractivity contribution in [2.45, 2.75) is 31.6 Å². The molecule has 0 spiro atoms. The summed E-state index contributed by atoms with van der Waals surface area (Å²) in [4.78, 5) is 24.3. The Balaban J connectivity index is 2.04. The predicted molar refractivity (Wildman–Crippen MR) is 97.6 cm³/mol. The van der Waals surface area contributed by atoms with Gasteiger partial charge in [-0.3, -0.25) is 4.79 Å². The topological polar surface area (TPSA) is 88.1 Å². The number of ether oxygens (including phenoxy) is 2. The van der Waals surface area contributed by atoms with Crippen molar-refractivity contribution in [3.63, 3.8) is 0 Å². The quantitative estimate of drug-likeness (QED) is 0.739. The number of hydrogen-bond acceptors (Lipinski definition) is 4. The molecule has 7 nitrogen and oxygen atoms in total. The molecule has 0 bridgehead atoms. The Labute approximate surface area is 154 Å². The number of rotatable bonds is 8. The molecule has 7 heteroatoms. The van der Waals surface area contributed by atoms with E-state index in [0.29, 0.717) is 26.4 Å². The van der Waals surface area contributed by atoms with Gasteiger partial charge in [-0.25, -0.2) is 4.79 Å². The number of carbonyl (C=O) groups excluding carboxylic acids is 1. The minimum absolute atomic E-state index is 0.0677. The highest BCUT2D eigenvalue weighted by atomic mass is 16.5. The third-order valence-corrected chi connectivity index (χ3v) is 4.81. The molecule has 2 rings (SSSR count). The number of nitrogens with zero attached hydrogens (tertiary/aromatic N) is 1. The van der Waals surface area contributed by atoms with Gasteiger partial charge in [0.1, 0.15) is 5.75 Å². The molecular formula is C19H28N2O5. The molecule has 1 saturated heterocycles. The first-order valence-electron chi connectivity index (χ1n) is 8.99. The van der Waals surface area contributed by atoms with Gasteiger partial charge in [-0.1, -0.05) is 12.1 Å². The molecule has 1 aromatic carbocycles. The summed E-state index contributed by atoms with van der Waals surface area (Å²) in [5, 5.41) is 11.7. The molecule has 0 aliphatic carbocycles. The fourth-order valence-electron chi connectivity index (χ4n) is 3.15. The maximum absolute atomic E-state index is 12.3. The molecule has 0 aromatic heterocycles. The van der Waals surface area contributed by atoms with E-state index in [4.69, 9.17) is 14.6 Å². The van der Waals surface area contributed by atoms with Gasteiger partial charge in [0.05, 0.1) is 13.0 Å². The molecule has 0 saturated carbocycles. The zero-order chi connectivity index (χ0) is 19.0. The van der Waals surface area contributed by atoms with Crippen LogP contribution in [0.4, 0.5) is 4.79 Å². The lowest BCUT2D eigenvalue weighted by Crippen LogP contribution is -2.48. The number of nitrogens with one attached hydrogen (secondary N) is 1. The van der Waals surface area contributed by atoms with Crippen LogP contribution in [0.2, 0.25) is 0 Å². The molecule has 26 heavy (non-hydrogen) atoms. The van der Waals surface area contributed by atoms with Crippen LogP contribution in [0.5, 0.6) is 5.75 Å². The lowest BCUT2D eigenvalue weighted by molar-refractivity contribution is -0.137. The molecule has 1 aromatic rings. The van der Waals surface area contributed by atoms with E-state index in [-0.39, 0.29) is 24.4 Å². The van der Waals surface area contributed by atoms with Gasteiger partial charge in [0.15, 0.2) is 0 Å². The van der Waals surface area contributed by atoms with Crippen molar-refractivity contribution in [3.8, 4) is 5.75 Å². The standard InChI is InChI=1S/C19H28N2O5/c1-3-26-16-6-4-15(5-7-16)19(9-12-25-13-10-19)14-20-18(24)21(2)11-8-17(22)23/h4-7H,3,8-14H2,1-2H3,(H,20,24)(H,22,23). The molecular weight excluding hydrogens is 336 g/mol. The minimum atomic E-state index is -0.917.